The van der Waals surface area contributed by atoms with Crippen LogP contribution < -0.4 is 5.32 Å². The predicted molar refractivity (Wildman–Crippen MR) is 119 cm³/mol. The average molecular weight is 400 g/mol. The Balaban J connectivity index is 1.56. The third-order valence-electron chi connectivity index (χ3n) is 6.12. The van der Waals surface area contributed by atoms with Crippen molar-refractivity contribution >= 4 is 16.8 Å². The molecule has 0 bridgehead atoms. The lowest BCUT2D eigenvalue weighted by atomic mass is 10.1. The lowest BCUT2D eigenvalue weighted by molar-refractivity contribution is 0.0931. The lowest BCUT2D eigenvalue weighted by Gasteiger charge is -2.34. The molecule has 3 rings (SSSR count). The number of carbonyl (C=O) groups excluding carboxylic acids is 1. The number of amides is 1. The molecule has 1 saturated heterocycles. The van der Waals surface area contributed by atoms with Gasteiger partial charge in [0.2, 0.25) is 0 Å². The molecule has 1 amide bonds. The van der Waals surface area contributed by atoms with E-state index in [1.165, 1.54) is 19.4 Å². The summed E-state index contributed by atoms with van der Waals surface area (Å²) >= 11 is 0. The minimum atomic E-state index is -0.0625. The van der Waals surface area contributed by atoms with Crippen LogP contribution in [0.1, 0.15) is 63.0 Å². The molecule has 160 valence electrons. The van der Waals surface area contributed by atoms with Crippen LogP contribution in [-0.4, -0.2) is 71.3 Å². The zero-order valence-electron chi connectivity index (χ0n) is 18.4. The molecular formula is C23H37N5O. The van der Waals surface area contributed by atoms with Gasteiger partial charge in [0, 0.05) is 44.7 Å². The van der Waals surface area contributed by atoms with Crippen molar-refractivity contribution in [1.82, 2.24) is 24.9 Å². The van der Waals surface area contributed by atoms with Gasteiger partial charge in [-0.15, -0.1) is 0 Å². The first-order chi connectivity index (χ1) is 14.2. The zero-order valence-corrected chi connectivity index (χ0v) is 18.4. The molecule has 0 aliphatic carbocycles. The summed E-state index contributed by atoms with van der Waals surface area (Å²) in [5, 5.41) is 8.77. The highest BCUT2D eigenvalue weighted by Gasteiger charge is 2.20. The maximum atomic E-state index is 12.9. The van der Waals surface area contributed by atoms with Gasteiger partial charge >= 0.3 is 0 Å². The molecule has 1 N–H and O–H groups in total. The van der Waals surface area contributed by atoms with E-state index in [1.54, 1.807) is 0 Å². The fraction of sp³-hybridized carbons (Fsp3) is 0.652. The largest absolute Gasteiger partial charge is 0.349 e. The fourth-order valence-electron chi connectivity index (χ4n) is 4.20. The number of hydrogen-bond donors (Lipinski definition) is 1. The monoisotopic (exact) mass is 399 g/mol. The molecule has 29 heavy (non-hydrogen) atoms. The first-order valence-corrected chi connectivity index (χ1v) is 11.4. The number of hydrogen-bond acceptors (Lipinski definition) is 4. The summed E-state index contributed by atoms with van der Waals surface area (Å²) in [5.74, 6) is -0.0625. The lowest BCUT2D eigenvalue weighted by Crippen LogP contribution is -2.48. The molecule has 2 heterocycles. The van der Waals surface area contributed by atoms with E-state index in [0.717, 1.165) is 56.5 Å². The molecule has 2 aromatic rings. The van der Waals surface area contributed by atoms with E-state index in [2.05, 4.69) is 42.0 Å². The second-order valence-electron chi connectivity index (χ2n) is 8.07. The summed E-state index contributed by atoms with van der Waals surface area (Å²) in [5.41, 5.74) is 1.60. The van der Waals surface area contributed by atoms with Gasteiger partial charge in [0.25, 0.3) is 5.91 Å². The van der Waals surface area contributed by atoms with Crippen molar-refractivity contribution in [2.75, 3.05) is 45.8 Å². The Morgan fingerprint density at radius 2 is 1.69 bits per heavy atom. The standard InChI is InChI=1S/C23H37N5O/c1-4-7-13-26-15-17-27(18-16-26)14-12-24-23(29)22-20-10-8-9-11-21(20)28(25-22)19(5-2)6-3/h8-11,19H,4-7,12-18H2,1-3H3,(H,24,29). The Morgan fingerprint density at radius 1 is 1.03 bits per heavy atom. The molecule has 1 aromatic carbocycles. The number of benzene rings is 1. The van der Waals surface area contributed by atoms with Gasteiger partial charge in [-0.3, -0.25) is 14.4 Å². The van der Waals surface area contributed by atoms with E-state index in [-0.39, 0.29) is 5.91 Å². The molecule has 0 saturated carbocycles. The quantitative estimate of drug-likeness (QED) is 0.664. The van der Waals surface area contributed by atoms with Gasteiger partial charge in [0.15, 0.2) is 5.69 Å². The Kier molecular flexibility index (Phi) is 8.07. The summed E-state index contributed by atoms with van der Waals surface area (Å²) in [6.45, 7) is 13.8. The third kappa shape index (κ3) is 5.37. The first-order valence-electron chi connectivity index (χ1n) is 11.4. The summed E-state index contributed by atoms with van der Waals surface area (Å²) in [6, 6.07) is 8.40. The number of nitrogens with one attached hydrogen (secondary N) is 1. The smallest absolute Gasteiger partial charge is 0.272 e. The van der Waals surface area contributed by atoms with Crippen LogP contribution in [0.3, 0.4) is 0 Å². The molecule has 0 radical (unpaired) electrons. The Labute approximate surface area is 175 Å². The SMILES string of the molecule is CCCCN1CCN(CCNC(=O)c2nn(C(CC)CC)c3ccccc23)CC1. The van der Waals surface area contributed by atoms with E-state index in [1.807, 2.05) is 22.9 Å². The molecule has 0 atom stereocenters. The van der Waals surface area contributed by atoms with Crippen molar-refractivity contribution in [1.29, 1.82) is 0 Å². The summed E-state index contributed by atoms with van der Waals surface area (Å²) in [7, 11) is 0. The summed E-state index contributed by atoms with van der Waals surface area (Å²) in [6.07, 6.45) is 4.56. The second kappa shape index (κ2) is 10.7. The topological polar surface area (TPSA) is 53.4 Å². The molecule has 6 nitrogen and oxygen atoms in total. The molecule has 1 aromatic heterocycles. The van der Waals surface area contributed by atoms with Crippen molar-refractivity contribution in [2.24, 2.45) is 0 Å². The Hall–Kier alpha value is -1.92. The van der Waals surface area contributed by atoms with Crippen LogP contribution in [0, 0.1) is 0 Å². The van der Waals surface area contributed by atoms with Crippen LogP contribution in [0.15, 0.2) is 24.3 Å². The van der Waals surface area contributed by atoms with Crippen molar-refractivity contribution in [2.45, 2.75) is 52.5 Å². The highest BCUT2D eigenvalue weighted by molar-refractivity contribution is 6.04. The highest BCUT2D eigenvalue weighted by atomic mass is 16.1. The van der Waals surface area contributed by atoms with Crippen molar-refractivity contribution in [3.8, 4) is 0 Å². The number of para-hydroxylation sites is 1. The molecule has 1 aliphatic heterocycles. The molecule has 1 aliphatic rings. The predicted octanol–water partition coefficient (Wildman–Crippen LogP) is 3.54. The summed E-state index contributed by atoms with van der Waals surface area (Å²) in [4.78, 5) is 17.9. The molecule has 6 heteroatoms. The maximum absolute atomic E-state index is 12.9. The van der Waals surface area contributed by atoms with Crippen LogP contribution in [0.2, 0.25) is 0 Å². The minimum absolute atomic E-state index is 0.0625. The van der Waals surface area contributed by atoms with Gasteiger partial charge in [0.1, 0.15) is 0 Å². The van der Waals surface area contributed by atoms with Crippen molar-refractivity contribution in [3.05, 3.63) is 30.0 Å². The number of aromatic nitrogens is 2. The van der Waals surface area contributed by atoms with Crippen LogP contribution in [-0.2, 0) is 0 Å². The molecule has 0 unspecified atom stereocenters. The molecule has 0 spiro atoms. The number of nitrogens with zero attached hydrogens (tertiary/aromatic N) is 4. The highest BCUT2D eigenvalue weighted by Crippen LogP contribution is 2.25. The maximum Gasteiger partial charge on any atom is 0.272 e. The van der Waals surface area contributed by atoms with E-state index in [9.17, 15) is 4.79 Å². The van der Waals surface area contributed by atoms with Gasteiger partial charge < -0.3 is 10.2 Å². The van der Waals surface area contributed by atoms with E-state index in [0.29, 0.717) is 18.3 Å². The fourth-order valence-corrected chi connectivity index (χ4v) is 4.20. The number of unbranched alkanes of at least 4 members (excludes halogenated alkanes) is 1. The zero-order chi connectivity index (χ0) is 20.6. The van der Waals surface area contributed by atoms with Crippen LogP contribution >= 0.6 is 0 Å². The third-order valence-corrected chi connectivity index (χ3v) is 6.12. The van der Waals surface area contributed by atoms with E-state index < -0.39 is 0 Å². The van der Waals surface area contributed by atoms with Gasteiger partial charge in [-0.1, -0.05) is 45.4 Å². The number of piperazine rings is 1. The second-order valence-corrected chi connectivity index (χ2v) is 8.07. The first kappa shape index (κ1) is 21.8. The van der Waals surface area contributed by atoms with E-state index in [4.69, 9.17) is 5.10 Å². The number of carbonyl (C=O) groups is 1. The van der Waals surface area contributed by atoms with Crippen LogP contribution in [0.4, 0.5) is 0 Å². The molecular weight excluding hydrogens is 362 g/mol. The molecule has 1 fully saturated rings. The minimum Gasteiger partial charge on any atom is -0.349 e. The van der Waals surface area contributed by atoms with E-state index >= 15 is 0 Å². The van der Waals surface area contributed by atoms with Gasteiger partial charge in [0.05, 0.1) is 11.6 Å². The summed E-state index contributed by atoms with van der Waals surface area (Å²) < 4.78 is 2.04. The van der Waals surface area contributed by atoms with Crippen molar-refractivity contribution < 1.29 is 4.79 Å². The van der Waals surface area contributed by atoms with Gasteiger partial charge in [-0.05, 0) is 31.9 Å². The van der Waals surface area contributed by atoms with Gasteiger partial charge in [-0.25, -0.2) is 0 Å². The van der Waals surface area contributed by atoms with Crippen molar-refractivity contribution in [3.63, 3.8) is 0 Å². The van der Waals surface area contributed by atoms with Gasteiger partial charge in [-0.2, -0.15) is 5.10 Å². The Bertz CT molecular complexity index is 775. The van der Waals surface area contributed by atoms with Crippen LogP contribution in [0.5, 0.6) is 0 Å². The average Bonchev–Trinajstić information content (AvgIpc) is 3.14. The van der Waals surface area contributed by atoms with Crippen LogP contribution in [0.25, 0.3) is 10.9 Å². The number of fused-ring (bicyclic) bond motifs is 1. The number of rotatable bonds is 10. The normalized spacial score (nSPS) is 16.0. The Morgan fingerprint density at radius 3 is 2.34 bits per heavy atom.